The van der Waals surface area contributed by atoms with Crippen molar-refractivity contribution >= 4 is 50.2 Å². The molecule has 17 heteroatoms. The van der Waals surface area contributed by atoms with Crippen LogP contribution in [0.2, 0.25) is 0 Å². The maximum atomic E-state index is 17.5. The monoisotopic (exact) mass is 1000 g/mol. The number of phenolic OH excluding ortho intramolecular Hbond substituents is 1. The molecule has 3 aromatic carbocycles. The van der Waals surface area contributed by atoms with Crippen molar-refractivity contribution in [3.8, 4) is 28.9 Å². The number of nitrogens with zero attached hydrogens (tertiary/aromatic N) is 8. The van der Waals surface area contributed by atoms with Gasteiger partial charge in [-0.25, -0.2) is 13.8 Å². The predicted molar refractivity (Wildman–Crippen MR) is 275 cm³/mol. The zero-order valence-corrected chi connectivity index (χ0v) is 42.5. The molecule has 3 aromatic heterocycles. The van der Waals surface area contributed by atoms with Gasteiger partial charge in [0.2, 0.25) is 17.7 Å². The molecule has 5 fully saturated rings. The fraction of sp³-hybridized carbons (Fsp3) is 0.536. The van der Waals surface area contributed by atoms with Crippen molar-refractivity contribution < 1.29 is 38.1 Å². The van der Waals surface area contributed by atoms with Crippen LogP contribution >= 0.6 is 0 Å². The summed E-state index contributed by atoms with van der Waals surface area (Å²) in [5.74, 6) is -0.720. The van der Waals surface area contributed by atoms with Gasteiger partial charge < -0.3 is 34.4 Å². The molecule has 2 atom stereocenters. The van der Waals surface area contributed by atoms with E-state index in [4.69, 9.17) is 29.5 Å². The van der Waals surface area contributed by atoms with Crippen molar-refractivity contribution in [3.05, 3.63) is 70.9 Å². The van der Waals surface area contributed by atoms with Gasteiger partial charge in [-0.15, -0.1) is 0 Å². The molecule has 4 saturated heterocycles. The highest BCUT2D eigenvalue weighted by atomic mass is 19.1. The Bertz CT molecular complexity index is 3110. The number of carbonyl (C=O) groups is 2. The number of carbonyl (C=O) groups excluding carboxylic acids is 2. The van der Waals surface area contributed by atoms with Crippen LogP contribution in [0.1, 0.15) is 114 Å². The highest BCUT2D eigenvalue weighted by Crippen LogP contribution is 2.48. The number of imide groups is 1. The van der Waals surface area contributed by atoms with Crippen LogP contribution in [0.5, 0.6) is 17.6 Å². The summed E-state index contributed by atoms with van der Waals surface area (Å²) in [5, 5.41) is 31.7. The number of hydrogen-bond acceptors (Lipinski definition) is 13. The molecule has 15 nitrogen and oxygen atoms in total. The number of fused-ring (bicyclic) bond motifs is 3. The molecule has 0 spiro atoms. The first-order valence-electron chi connectivity index (χ1n) is 26.5. The Labute approximate surface area is 424 Å². The van der Waals surface area contributed by atoms with Crippen molar-refractivity contribution in [3.63, 3.8) is 0 Å². The van der Waals surface area contributed by atoms with E-state index in [0.717, 1.165) is 94.4 Å². The molecule has 1 saturated carbocycles. The van der Waals surface area contributed by atoms with Crippen molar-refractivity contribution in [2.45, 2.75) is 109 Å². The van der Waals surface area contributed by atoms with Crippen LogP contribution in [0.3, 0.4) is 0 Å². The van der Waals surface area contributed by atoms with Crippen LogP contribution in [0, 0.1) is 23.0 Å². The number of benzene rings is 3. The number of hydrogen-bond donors (Lipinski definition) is 3. The van der Waals surface area contributed by atoms with E-state index in [9.17, 15) is 19.8 Å². The summed E-state index contributed by atoms with van der Waals surface area (Å²) in [6.07, 6.45) is 8.82. The summed E-state index contributed by atoms with van der Waals surface area (Å²) in [6, 6.07) is 12.3. The minimum absolute atomic E-state index is 0.0232. The van der Waals surface area contributed by atoms with Gasteiger partial charge in [0.05, 0.1) is 35.9 Å². The smallest absolute Gasteiger partial charge is 0.319 e. The average Bonchev–Trinajstić information content (AvgIpc) is 4.06. The van der Waals surface area contributed by atoms with Crippen LogP contribution in [0.4, 0.5) is 14.6 Å². The molecule has 0 radical (unpaired) electrons. The summed E-state index contributed by atoms with van der Waals surface area (Å²) in [7, 11) is 1.96. The number of aryl methyl sites for hydroxylation is 2. The predicted octanol–water partition coefficient (Wildman–Crippen LogP) is 8.30. The van der Waals surface area contributed by atoms with Gasteiger partial charge >= 0.3 is 6.01 Å². The Kier molecular flexibility index (Phi) is 13.3. The number of aliphatic hydroxyl groups is 1. The number of anilines is 1. The Morgan fingerprint density at radius 2 is 1.67 bits per heavy atom. The van der Waals surface area contributed by atoms with Crippen molar-refractivity contribution in [1.29, 1.82) is 0 Å². The Morgan fingerprint density at radius 1 is 0.890 bits per heavy atom. The second-order valence-corrected chi connectivity index (χ2v) is 21.9. The molecule has 6 aromatic rings. The number of rotatable bonds is 14. The third-order valence-corrected chi connectivity index (χ3v) is 16.5. The van der Waals surface area contributed by atoms with Gasteiger partial charge in [0.1, 0.15) is 34.0 Å². The topological polar surface area (TPSA) is 171 Å². The van der Waals surface area contributed by atoms with Gasteiger partial charge in [0, 0.05) is 56.0 Å². The zero-order chi connectivity index (χ0) is 50.8. The SMILES string of the molecule is CCOc1nc(-c2cc(O)cc3ccc(F)c(CC)c23)c(F)c2nc(OCC3(CN4CCC(CN5CCC(c6cccc7c(C8CCC(=O)NC8=O)nn(C)c67)CC5)CC4)CC3)nc(N3CCC[C@@](C)(O)C3)c12. The third-order valence-electron chi connectivity index (χ3n) is 16.5. The summed E-state index contributed by atoms with van der Waals surface area (Å²) < 4.78 is 47.5. The maximum absolute atomic E-state index is 17.5. The summed E-state index contributed by atoms with van der Waals surface area (Å²) in [4.78, 5) is 46.2. The second kappa shape index (κ2) is 19.7. The van der Waals surface area contributed by atoms with Gasteiger partial charge in [0.25, 0.3) is 0 Å². The van der Waals surface area contributed by atoms with E-state index >= 15 is 8.78 Å². The molecule has 1 unspecified atom stereocenters. The molecule has 1 aliphatic carbocycles. The highest BCUT2D eigenvalue weighted by Gasteiger charge is 2.46. The Hall–Kier alpha value is -6.04. The lowest BCUT2D eigenvalue weighted by Gasteiger charge is -2.39. The van der Waals surface area contributed by atoms with E-state index in [1.54, 1.807) is 13.0 Å². The van der Waals surface area contributed by atoms with Crippen molar-refractivity contribution in [1.82, 2.24) is 39.8 Å². The molecule has 7 heterocycles. The number of nitrogens with one attached hydrogen (secondary N) is 1. The van der Waals surface area contributed by atoms with E-state index < -0.39 is 23.2 Å². The molecule has 3 N–H and O–H groups in total. The minimum atomic E-state index is -1.01. The number of aromatic hydroxyl groups is 1. The molecular weight excluding hydrogens is 933 g/mol. The molecular formula is C56H67F2N9O6. The van der Waals surface area contributed by atoms with Crippen LogP contribution < -0.4 is 19.7 Å². The minimum Gasteiger partial charge on any atom is -0.508 e. The number of ether oxygens (including phenoxy) is 2. The first-order chi connectivity index (χ1) is 35.2. The lowest BCUT2D eigenvalue weighted by atomic mass is 9.86. The molecule has 73 heavy (non-hydrogen) atoms. The Balaban J connectivity index is 0.768. The number of β-amino-alcohol motifs (C(OH)–C–C–N with tert-alkyl or cyclic N) is 1. The van der Waals surface area contributed by atoms with Crippen LogP contribution in [-0.2, 0) is 23.1 Å². The van der Waals surface area contributed by atoms with Gasteiger partial charge in [0.15, 0.2) is 5.82 Å². The molecule has 2 amide bonds. The van der Waals surface area contributed by atoms with Crippen molar-refractivity contribution in [2.24, 2.45) is 18.4 Å². The molecule has 386 valence electrons. The van der Waals surface area contributed by atoms with Gasteiger partial charge in [-0.1, -0.05) is 31.2 Å². The lowest BCUT2D eigenvalue weighted by molar-refractivity contribution is -0.134. The van der Waals surface area contributed by atoms with Crippen LogP contribution in [-0.4, -0.2) is 128 Å². The van der Waals surface area contributed by atoms with Crippen LogP contribution in [0.25, 0.3) is 43.8 Å². The van der Waals surface area contributed by atoms with Crippen LogP contribution in [0.15, 0.2) is 42.5 Å². The fourth-order valence-corrected chi connectivity index (χ4v) is 12.5. The number of halogens is 2. The molecule has 5 aliphatic rings. The number of piperidine rings is 4. The van der Waals surface area contributed by atoms with E-state index in [2.05, 4.69) is 33.3 Å². The number of phenols is 1. The maximum Gasteiger partial charge on any atom is 0.319 e. The first-order valence-corrected chi connectivity index (χ1v) is 26.5. The van der Waals surface area contributed by atoms with E-state index in [0.29, 0.717) is 79.2 Å². The second-order valence-electron chi connectivity index (χ2n) is 21.9. The highest BCUT2D eigenvalue weighted by molar-refractivity contribution is 6.04. The first kappa shape index (κ1) is 49.2. The third kappa shape index (κ3) is 9.68. The Morgan fingerprint density at radius 3 is 2.40 bits per heavy atom. The summed E-state index contributed by atoms with van der Waals surface area (Å²) >= 11 is 0. The van der Waals surface area contributed by atoms with E-state index in [-0.39, 0.29) is 70.2 Å². The zero-order valence-electron chi connectivity index (χ0n) is 42.5. The van der Waals surface area contributed by atoms with Gasteiger partial charge in [-0.05, 0) is 156 Å². The number of para-hydroxylation sites is 1. The van der Waals surface area contributed by atoms with E-state index in [1.807, 2.05) is 30.5 Å². The summed E-state index contributed by atoms with van der Waals surface area (Å²) in [6.45, 7) is 12.9. The van der Waals surface area contributed by atoms with Gasteiger partial charge in [-0.3, -0.25) is 19.6 Å². The quantitative estimate of drug-likeness (QED) is 0.0892. The largest absolute Gasteiger partial charge is 0.508 e. The van der Waals surface area contributed by atoms with E-state index in [1.165, 1.54) is 23.8 Å². The fourth-order valence-electron chi connectivity index (χ4n) is 12.5. The number of aromatic nitrogens is 5. The molecule has 11 rings (SSSR count). The normalized spacial score (nSPS) is 22.4. The number of amides is 2. The number of likely N-dealkylation sites (tertiary alicyclic amines) is 2. The lowest BCUT2D eigenvalue weighted by Crippen LogP contribution is -2.46. The number of pyridine rings is 1. The molecule has 0 bridgehead atoms. The van der Waals surface area contributed by atoms with Crippen molar-refractivity contribution in [2.75, 3.05) is 70.5 Å². The average molecular weight is 1000 g/mol. The summed E-state index contributed by atoms with van der Waals surface area (Å²) in [5.41, 5.74) is 2.46. The standard InChI is InChI=1S/C56H67F2N9O6/c1-5-37-42(57)13-11-35-27-36(68)28-41(44(35)37)48-46(58)49-45(53(60-48)72-6-2)51(67-22-8-19-55(3,71)30-67)62-54(61-49)73-32-56(20-21-56)31-66-23-15-33(16-24-66)29-65-25-17-34(18-26-65)38-9-7-10-39-47(63-64(4)50(38)39)40-12-14-43(69)59-52(40)70/h7,9-11,13,27-28,33-34,40,68,71H,5-6,8,12,14-26,29-32H2,1-4H3,(H,59,69,70)/t40?,55-/m1/s1. The molecule has 4 aliphatic heterocycles. The van der Waals surface area contributed by atoms with Gasteiger partial charge in [-0.2, -0.15) is 15.1 Å².